The summed E-state index contributed by atoms with van der Waals surface area (Å²) in [5.74, 6) is -0.549. The monoisotopic (exact) mass is 547 g/mol. The lowest BCUT2D eigenvalue weighted by Crippen LogP contribution is -2.39. The number of carbonyl (C=O) groups is 1. The van der Waals surface area contributed by atoms with Crippen LogP contribution in [0.1, 0.15) is 16.7 Å². The van der Waals surface area contributed by atoms with Gasteiger partial charge in [-0.2, -0.15) is 5.10 Å². The second kappa shape index (κ2) is 9.64. The lowest BCUT2D eigenvalue weighted by atomic mass is 10.0. The van der Waals surface area contributed by atoms with Gasteiger partial charge in [-0.3, -0.25) is 9.10 Å². The highest BCUT2D eigenvalue weighted by Crippen LogP contribution is 2.32. The van der Waals surface area contributed by atoms with E-state index in [4.69, 9.17) is 0 Å². The van der Waals surface area contributed by atoms with Crippen LogP contribution in [0.15, 0.2) is 99.4 Å². The van der Waals surface area contributed by atoms with E-state index in [9.17, 15) is 13.2 Å². The Hall–Kier alpha value is -3.49. The molecule has 0 aliphatic heterocycles. The maximum absolute atomic E-state index is 13.4. The minimum Gasteiger partial charge on any atom is -0.271 e. The van der Waals surface area contributed by atoms with Gasteiger partial charge < -0.3 is 0 Å². The highest BCUT2D eigenvalue weighted by molar-refractivity contribution is 9.10. The van der Waals surface area contributed by atoms with Crippen molar-refractivity contribution < 1.29 is 13.2 Å². The van der Waals surface area contributed by atoms with Gasteiger partial charge in [-0.15, -0.1) is 0 Å². The summed E-state index contributed by atoms with van der Waals surface area (Å²) < 4.78 is 28.5. The third-order valence-corrected chi connectivity index (χ3v) is 8.30. The quantitative estimate of drug-likeness (QED) is 0.260. The number of aryl methyl sites for hydroxylation is 2. The summed E-state index contributed by atoms with van der Waals surface area (Å²) >= 11 is 3.38. The number of hydrogen-bond acceptors (Lipinski definition) is 4. The average molecular weight is 548 g/mol. The van der Waals surface area contributed by atoms with Crippen LogP contribution in [0.2, 0.25) is 0 Å². The Labute approximate surface area is 212 Å². The minimum absolute atomic E-state index is 0.101. The Morgan fingerprint density at radius 3 is 2.46 bits per heavy atom. The highest BCUT2D eigenvalue weighted by atomic mass is 79.9. The molecule has 0 radical (unpaired) electrons. The van der Waals surface area contributed by atoms with Crippen LogP contribution in [0.25, 0.3) is 10.8 Å². The molecule has 8 heteroatoms. The number of halogens is 1. The van der Waals surface area contributed by atoms with Crippen LogP contribution in [0.5, 0.6) is 0 Å². The fourth-order valence-corrected chi connectivity index (χ4v) is 6.21. The van der Waals surface area contributed by atoms with E-state index >= 15 is 0 Å². The van der Waals surface area contributed by atoms with Crippen LogP contribution in [0.4, 0.5) is 5.69 Å². The smallest absolute Gasteiger partial charge is 0.264 e. The van der Waals surface area contributed by atoms with E-state index in [1.54, 1.807) is 48.7 Å². The van der Waals surface area contributed by atoms with Gasteiger partial charge in [0.15, 0.2) is 0 Å². The molecule has 0 aromatic heterocycles. The largest absolute Gasteiger partial charge is 0.271 e. The summed E-state index contributed by atoms with van der Waals surface area (Å²) in [6.07, 6.45) is 3.67. The highest BCUT2D eigenvalue weighted by Gasteiger charge is 2.27. The van der Waals surface area contributed by atoms with Crippen molar-refractivity contribution in [3.05, 3.63) is 106 Å². The zero-order valence-corrected chi connectivity index (χ0v) is 21.1. The molecule has 0 heterocycles. The Bertz CT molecular complexity index is 1540. The number of hydrogen-bond donors (Lipinski definition) is 1. The van der Waals surface area contributed by atoms with Crippen molar-refractivity contribution in [3.8, 4) is 0 Å². The fraction of sp³-hybridized carbons (Fsp3) is 0.111. The number of benzene rings is 4. The molecule has 0 saturated carbocycles. The molecule has 5 rings (SSSR count). The number of amides is 1. The van der Waals surface area contributed by atoms with E-state index in [0.717, 1.165) is 28.1 Å². The molecule has 1 N–H and O–H groups in total. The number of anilines is 1. The summed E-state index contributed by atoms with van der Waals surface area (Å²) in [6.45, 7) is -0.422. The maximum Gasteiger partial charge on any atom is 0.264 e. The molecule has 0 spiro atoms. The molecule has 176 valence electrons. The van der Waals surface area contributed by atoms with E-state index in [2.05, 4.69) is 44.7 Å². The summed E-state index contributed by atoms with van der Waals surface area (Å²) in [6, 6.07) is 25.2. The first-order valence-electron chi connectivity index (χ1n) is 11.1. The Morgan fingerprint density at radius 1 is 0.943 bits per heavy atom. The van der Waals surface area contributed by atoms with Gasteiger partial charge in [-0.1, -0.05) is 70.5 Å². The second-order valence-electron chi connectivity index (χ2n) is 8.25. The van der Waals surface area contributed by atoms with Crippen LogP contribution in [-0.4, -0.2) is 27.1 Å². The van der Waals surface area contributed by atoms with Crippen LogP contribution in [0, 0.1) is 0 Å². The first-order valence-corrected chi connectivity index (χ1v) is 13.4. The van der Waals surface area contributed by atoms with Crippen molar-refractivity contribution in [2.45, 2.75) is 17.7 Å². The zero-order valence-electron chi connectivity index (χ0n) is 18.7. The van der Waals surface area contributed by atoms with Gasteiger partial charge in [0.2, 0.25) is 0 Å². The van der Waals surface area contributed by atoms with Crippen molar-refractivity contribution >= 4 is 54.5 Å². The molecule has 6 nitrogen and oxygen atoms in total. The van der Waals surface area contributed by atoms with Crippen molar-refractivity contribution in [1.82, 2.24) is 5.43 Å². The molecule has 4 aromatic carbocycles. The third-order valence-electron chi connectivity index (χ3n) is 6.02. The van der Waals surface area contributed by atoms with Crippen LogP contribution in [0.3, 0.4) is 0 Å². The van der Waals surface area contributed by atoms with Gasteiger partial charge in [0.05, 0.1) is 16.8 Å². The SMILES string of the molecule is O=C(CN(c1cccc(Br)c1)S(=O)(=O)c1ccccc1)N/N=C\c1ccc2c3c(cccc13)CC2. The van der Waals surface area contributed by atoms with E-state index in [1.807, 2.05) is 12.1 Å². The predicted octanol–water partition coefficient (Wildman–Crippen LogP) is 5.05. The standard InChI is InChI=1S/C27H22BrN3O3S/c28-22-7-5-8-23(16-22)31(35(33,34)24-9-2-1-3-10-24)18-26(32)30-29-17-21-15-14-20-13-12-19-6-4-11-25(21)27(19)20/h1-11,14-17H,12-13,18H2,(H,30,32)/b29-17-. The van der Waals surface area contributed by atoms with Crippen molar-refractivity contribution in [3.63, 3.8) is 0 Å². The number of hydrazone groups is 1. The first kappa shape index (κ1) is 23.3. The topological polar surface area (TPSA) is 78.8 Å². The summed E-state index contributed by atoms with van der Waals surface area (Å²) in [4.78, 5) is 12.9. The summed E-state index contributed by atoms with van der Waals surface area (Å²) in [5, 5.41) is 6.49. The number of rotatable bonds is 7. The molecule has 0 saturated heterocycles. The molecule has 0 bridgehead atoms. The molecular formula is C27H22BrN3O3S. The molecular weight excluding hydrogens is 526 g/mol. The van der Waals surface area contributed by atoms with Gasteiger partial charge in [0.1, 0.15) is 6.54 Å². The first-order chi connectivity index (χ1) is 16.9. The van der Waals surface area contributed by atoms with Gasteiger partial charge in [-0.05, 0) is 65.1 Å². The minimum atomic E-state index is -3.97. The van der Waals surface area contributed by atoms with Crippen molar-refractivity contribution in [2.24, 2.45) is 5.10 Å². The molecule has 1 aliphatic carbocycles. The number of sulfonamides is 1. The number of carbonyl (C=O) groups excluding carboxylic acids is 1. The molecule has 35 heavy (non-hydrogen) atoms. The molecule has 0 fully saturated rings. The Morgan fingerprint density at radius 2 is 1.69 bits per heavy atom. The van der Waals surface area contributed by atoms with Gasteiger partial charge in [0.25, 0.3) is 15.9 Å². The molecule has 0 unspecified atom stereocenters. The van der Waals surface area contributed by atoms with E-state index in [0.29, 0.717) is 10.2 Å². The van der Waals surface area contributed by atoms with E-state index in [-0.39, 0.29) is 4.90 Å². The second-order valence-corrected chi connectivity index (χ2v) is 11.0. The van der Waals surface area contributed by atoms with E-state index in [1.165, 1.54) is 28.6 Å². The van der Waals surface area contributed by atoms with Crippen molar-refractivity contribution in [2.75, 3.05) is 10.8 Å². The summed E-state index contributed by atoms with van der Waals surface area (Å²) in [7, 11) is -3.97. The molecule has 4 aromatic rings. The van der Waals surface area contributed by atoms with Gasteiger partial charge in [0, 0.05) is 10.0 Å². The Kier molecular flexibility index (Phi) is 6.40. The van der Waals surface area contributed by atoms with Crippen LogP contribution in [-0.2, 0) is 27.7 Å². The summed E-state index contributed by atoms with van der Waals surface area (Å²) in [5.41, 5.74) is 6.41. The normalized spacial score (nSPS) is 12.8. The lowest BCUT2D eigenvalue weighted by molar-refractivity contribution is -0.119. The average Bonchev–Trinajstić information content (AvgIpc) is 3.29. The maximum atomic E-state index is 13.4. The predicted molar refractivity (Wildman–Crippen MR) is 142 cm³/mol. The van der Waals surface area contributed by atoms with Gasteiger partial charge >= 0.3 is 0 Å². The van der Waals surface area contributed by atoms with Crippen molar-refractivity contribution in [1.29, 1.82) is 0 Å². The third kappa shape index (κ3) is 4.72. The fourth-order valence-electron chi connectivity index (χ4n) is 4.39. The number of nitrogens with zero attached hydrogens (tertiary/aromatic N) is 2. The molecule has 0 atom stereocenters. The molecule has 1 aliphatic rings. The van der Waals surface area contributed by atoms with Gasteiger partial charge in [-0.25, -0.2) is 13.8 Å². The van der Waals surface area contributed by atoms with Crippen LogP contribution < -0.4 is 9.73 Å². The van der Waals surface area contributed by atoms with Crippen LogP contribution >= 0.6 is 15.9 Å². The molecule has 1 amide bonds. The number of nitrogens with one attached hydrogen (secondary N) is 1. The Balaban J connectivity index is 1.39. The van der Waals surface area contributed by atoms with E-state index < -0.39 is 22.5 Å². The zero-order chi connectivity index (χ0) is 24.4. The lowest BCUT2D eigenvalue weighted by Gasteiger charge is -2.23.